The molecular weight excluding hydrogens is 370 g/mol. The number of nitrogens with one attached hydrogen (secondary N) is 1. The van der Waals surface area contributed by atoms with E-state index in [0.717, 1.165) is 43.3 Å². The molecule has 2 aromatic rings. The van der Waals surface area contributed by atoms with Crippen LogP contribution in [0.1, 0.15) is 56.6 Å². The molecule has 1 amide bonds. The van der Waals surface area contributed by atoms with E-state index < -0.39 is 0 Å². The number of fused-ring (bicyclic) bond motifs is 4. The largest absolute Gasteiger partial charge is 0.347 e. The molecule has 0 spiro atoms. The third-order valence-electron chi connectivity index (χ3n) is 7.83. The summed E-state index contributed by atoms with van der Waals surface area (Å²) >= 11 is 0. The van der Waals surface area contributed by atoms with Crippen LogP contribution in [0.5, 0.6) is 0 Å². The highest BCUT2D eigenvalue weighted by Gasteiger charge is 2.43. The van der Waals surface area contributed by atoms with Crippen LogP contribution in [-0.2, 0) is 4.79 Å². The summed E-state index contributed by atoms with van der Waals surface area (Å²) in [4.78, 5) is 20.5. The highest BCUT2D eigenvalue weighted by atomic mass is 16.2. The molecule has 4 heterocycles. The summed E-state index contributed by atoms with van der Waals surface area (Å²) in [5.74, 6) is 1.69. The van der Waals surface area contributed by atoms with Gasteiger partial charge in [-0.1, -0.05) is 43.5 Å². The molecular formula is C26H33N3O. The Morgan fingerprint density at radius 3 is 2.77 bits per heavy atom. The molecule has 4 aliphatic rings. The highest BCUT2D eigenvalue weighted by Crippen LogP contribution is 2.42. The third-order valence-corrected chi connectivity index (χ3v) is 7.83. The van der Waals surface area contributed by atoms with Crippen LogP contribution < -0.4 is 5.32 Å². The van der Waals surface area contributed by atoms with E-state index >= 15 is 0 Å². The molecule has 3 saturated heterocycles. The predicted octanol–water partition coefficient (Wildman–Crippen LogP) is 4.87. The van der Waals surface area contributed by atoms with E-state index in [1.54, 1.807) is 0 Å². The van der Waals surface area contributed by atoms with Gasteiger partial charge in [0.2, 0.25) is 5.91 Å². The van der Waals surface area contributed by atoms with Gasteiger partial charge in [-0.3, -0.25) is 14.7 Å². The number of para-hydroxylation sites is 1. The van der Waals surface area contributed by atoms with E-state index in [1.807, 2.05) is 12.3 Å². The molecule has 4 heteroatoms. The van der Waals surface area contributed by atoms with Gasteiger partial charge in [-0.05, 0) is 61.8 Å². The first-order valence-corrected chi connectivity index (χ1v) is 11.7. The lowest BCUT2D eigenvalue weighted by Gasteiger charge is -2.52. The second kappa shape index (κ2) is 8.50. The van der Waals surface area contributed by atoms with Crippen LogP contribution in [0.15, 0.2) is 49.2 Å². The first kappa shape index (κ1) is 19.7. The lowest BCUT2D eigenvalue weighted by Crippen LogP contribution is -2.57. The van der Waals surface area contributed by atoms with E-state index in [-0.39, 0.29) is 17.9 Å². The second-order valence-corrected chi connectivity index (χ2v) is 9.48. The fraction of sp³-hybridized carbons (Fsp3) is 0.538. The number of rotatable bonds is 5. The molecule has 6 rings (SSSR count). The lowest BCUT2D eigenvalue weighted by atomic mass is 9.73. The van der Waals surface area contributed by atoms with Gasteiger partial charge >= 0.3 is 0 Å². The number of nitrogens with zero attached hydrogens (tertiary/aromatic N) is 2. The van der Waals surface area contributed by atoms with Crippen molar-refractivity contribution < 1.29 is 4.79 Å². The van der Waals surface area contributed by atoms with Crippen LogP contribution >= 0.6 is 0 Å². The van der Waals surface area contributed by atoms with Crippen LogP contribution in [-0.4, -0.2) is 34.9 Å². The molecule has 1 aromatic carbocycles. The normalized spacial score (nSPS) is 30.1. The topological polar surface area (TPSA) is 45.2 Å². The number of hydrogen-bond donors (Lipinski definition) is 1. The van der Waals surface area contributed by atoms with Crippen LogP contribution in [0.3, 0.4) is 0 Å². The predicted molar refractivity (Wildman–Crippen MR) is 121 cm³/mol. The molecule has 158 valence electrons. The number of pyridine rings is 1. The summed E-state index contributed by atoms with van der Waals surface area (Å²) in [5, 5.41) is 4.71. The number of hydrogen-bond acceptors (Lipinski definition) is 3. The van der Waals surface area contributed by atoms with Gasteiger partial charge in [0.15, 0.2) is 0 Å². The minimum atomic E-state index is 0.0147. The molecule has 1 N–H and O–H groups in total. The van der Waals surface area contributed by atoms with Crippen molar-refractivity contribution in [3.63, 3.8) is 0 Å². The summed E-state index contributed by atoms with van der Waals surface area (Å²) in [5.41, 5.74) is 2.23. The van der Waals surface area contributed by atoms with Gasteiger partial charge in [0.25, 0.3) is 0 Å². The first-order chi connectivity index (χ1) is 14.7. The van der Waals surface area contributed by atoms with Gasteiger partial charge in [0.1, 0.15) is 0 Å². The van der Waals surface area contributed by atoms with Crippen LogP contribution in [0, 0.1) is 17.8 Å². The Balaban J connectivity index is 1.49. The molecule has 1 saturated carbocycles. The zero-order valence-electron chi connectivity index (χ0n) is 17.8. The monoisotopic (exact) mass is 403 g/mol. The van der Waals surface area contributed by atoms with Crippen LogP contribution in [0.2, 0.25) is 0 Å². The van der Waals surface area contributed by atoms with Gasteiger partial charge in [0, 0.05) is 30.1 Å². The van der Waals surface area contributed by atoms with Crippen molar-refractivity contribution in [1.82, 2.24) is 15.2 Å². The average molecular weight is 404 g/mol. The van der Waals surface area contributed by atoms with Gasteiger partial charge in [-0.2, -0.15) is 0 Å². The summed E-state index contributed by atoms with van der Waals surface area (Å²) in [6, 6.07) is 10.8. The van der Waals surface area contributed by atoms with E-state index in [4.69, 9.17) is 0 Å². The number of piperidine rings is 3. The number of carbonyl (C=O) groups is 1. The fourth-order valence-electron chi connectivity index (χ4n) is 6.13. The summed E-state index contributed by atoms with van der Waals surface area (Å²) in [6.45, 7) is 6.27. The number of amides is 1. The van der Waals surface area contributed by atoms with Crippen molar-refractivity contribution >= 4 is 16.8 Å². The molecule has 4 fully saturated rings. The Hall–Kier alpha value is -2.20. The Labute approximate surface area is 179 Å². The number of carbonyl (C=O) groups excluding carboxylic acids is 1. The van der Waals surface area contributed by atoms with E-state index in [0.29, 0.717) is 17.9 Å². The number of aromatic nitrogens is 1. The zero-order chi connectivity index (χ0) is 20.5. The quantitative estimate of drug-likeness (QED) is 0.725. The Bertz CT molecular complexity index is 914. The highest BCUT2D eigenvalue weighted by molar-refractivity contribution is 5.84. The zero-order valence-corrected chi connectivity index (χ0v) is 17.8. The van der Waals surface area contributed by atoms with E-state index in [1.165, 1.54) is 31.2 Å². The smallest absolute Gasteiger partial charge is 0.223 e. The maximum atomic E-state index is 13.3. The minimum Gasteiger partial charge on any atom is -0.347 e. The standard InChI is InChI=1S/C26H33N3O/c1-2-18-17-29-15-13-20(18)16-24(29)25(28-26(30)19-8-4-3-5-9-19)22-12-14-27-23-11-7-6-10-21(22)23/h2,6-7,10-12,14,18-20,24-25H,1,3-5,8-9,13,15-17H2,(H,28,30)/t18-,20-,24+,25-/m0/s1. The molecule has 0 radical (unpaired) electrons. The average Bonchev–Trinajstić information content (AvgIpc) is 2.83. The lowest BCUT2D eigenvalue weighted by molar-refractivity contribution is -0.127. The van der Waals surface area contributed by atoms with Crippen molar-refractivity contribution in [3.05, 3.63) is 54.7 Å². The molecule has 5 atom stereocenters. The molecule has 1 aliphatic carbocycles. The SMILES string of the molecule is C=C[C@H]1CN2CC[C@H]1C[C@@H]2[C@@H](NC(=O)C1CCCCC1)c1ccnc2ccccc12. The van der Waals surface area contributed by atoms with Gasteiger partial charge in [-0.15, -0.1) is 6.58 Å². The van der Waals surface area contributed by atoms with E-state index in [9.17, 15) is 4.79 Å². The maximum Gasteiger partial charge on any atom is 0.223 e. The first-order valence-electron chi connectivity index (χ1n) is 11.7. The second-order valence-electron chi connectivity index (χ2n) is 9.48. The van der Waals surface area contributed by atoms with Crippen molar-refractivity contribution in [1.29, 1.82) is 0 Å². The Morgan fingerprint density at radius 2 is 2.00 bits per heavy atom. The molecule has 1 unspecified atom stereocenters. The van der Waals surface area contributed by atoms with Crippen LogP contribution in [0.25, 0.3) is 10.9 Å². The van der Waals surface area contributed by atoms with Crippen LogP contribution in [0.4, 0.5) is 0 Å². The Morgan fingerprint density at radius 1 is 1.17 bits per heavy atom. The van der Waals surface area contributed by atoms with Gasteiger partial charge < -0.3 is 5.32 Å². The van der Waals surface area contributed by atoms with Crippen molar-refractivity contribution in [2.45, 2.75) is 57.0 Å². The summed E-state index contributed by atoms with van der Waals surface area (Å²) in [6.07, 6.45) is 12.1. The Kier molecular flexibility index (Phi) is 5.60. The van der Waals surface area contributed by atoms with E-state index in [2.05, 4.69) is 52.1 Å². The summed E-state index contributed by atoms with van der Waals surface area (Å²) < 4.78 is 0. The molecule has 2 bridgehead atoms. The van der Waals surface area contributed by atoms with Crippen molar-refractivity contribution in [2.75, 3.05) is 13.1 Å². The van der Waals surface area contributed by atoms with Crippen molar-refractivity contribution in [2.24, 2.45) is 17.8 Å². The molecule has 1 aromatic heterocycles. The fourth-order valence-corrected chi connectivity index (χ4v) is 6.13. The third kappa shape index (κ3) is 3.66. The molecule has 30 heavy (non-hydrogen) atoms. The molecule has 4 nitrogen and oxygen atoms in total. The summed E-state index contributed by atoms with van der Waals surface area (Å²) in [7, 11) is 0. The number of benzene rings is 1. The maximum absolute atomic E-state index is 13.3. The van der Waals surface area contributed by atoms with Crippen molar-refractivity contribution in [3.8, 4) is 0 Å². The van der Waals surface area contributed by atoms with Gasteiger partial charge in [-0.25, -0.2) is 0 Å². The molecule has 3 aliphatic heterocycles. The van der Waals surface area contributed by atoms with Gasteiger partial charge in [0.05, 0.1) is 11.6 Å². The minimum absolute atomic E-state index is 0.0147.